The summed E-state index contributed by atoms with van der Waals surface area (Å²) in [6.07, 6.45) is 2.09. The summed E-state index contributed by atoms with van der Waals surface area (Å²) < 4.78 is 7.93. The van der Waals surface area contributed by atoms with Crippen LogP contribution in [0.5, 0.6) is 5.88 Å². The molecule has 1 aliphatic rings. The van der Waals surface area contributed by atoms with Gasteiger partial charge in [-0.15, -0.1) is 0 Å². The van der Waals surface area contributed by atoms with E-state index in [4.69, 9.17) is 9.72 Å². The summed E-state index contributed by atoms with van der Waals surface area (Å²) >= 11 is 0. The maximum Gasteiger partial charge on any atom is 0.407 e. The quantitative estimate of drug-likeness (QED) is 0.404. The molecule has 4 aromatic rings. The molecule has 0 bridgehead atoms. The number of aldehydes is 1. The van der Waals surface area contributed by atoms with Crippen molar-refractivity contribution in [1.82, 2.24) is 19.3 Å². The predicted molar refractivity (Wildman–Crippen MR) is 132 cm³/mol. The molecule has 2 aromatic heterocycles. The zero-order chi connectivity index (χ0) is 25.2. The number of aryl methyl sites for hydroxylation is 1. The topological polar surface area (TPSA) is 121 Å². The number of carbonyl (C=O) groups is 2. The van der Waals surface area contributed by atoms with Gasteiger partial charge in [0.1, 0.15) is 5.69 Å². The molecule has 1 aliphatic heterocycles. The molecule has 36 heavy (non-hydrogen) atoms. The number of nitriles is 1. The highest BCUT2D eigenvalue weighted by Gasteiger charge is 2.27. The molecule has 0 aliphatic carbocycles. The maximum atomic E-state index is 11.6. The zero-order valence-corrected chi connectivity index (χ0v) is 19.6. The Morgan fingerprint density at radius 3 is 2.53 bits per heavy atom. The van der Waals surface area contributed by atoms with Crippen LogP contribution in [0, 0.1) is 24.2 Å². The van der Waals surface area contributed by atoms with E-state index in [9.17, 15) is 20.0 Å². The number of hydrogen-bond acceptors (Lipinski definition) is 6. The second kappa shape index (κ2) is 9.50. The average Bonchev–Trinajstić information content (AvgIpc) is 3.55. The van der Waals surface area contributed by atoms with Crippen molar-refractivity contribution in [3.05, 3.63) is 71.5 Å². The minimum absolute atomic E-state index is 0.0265. The van der Waals surface area contributed by atoms with Crippen LogP contribution in [0.1, 0.15) is 28.0 Å². The largest absolute Gasteiger partial charge is 0.475 e. The van der Waals surface area contributed by atoms with E-state index in [1.165, 1.54) is 4.90 Å². The summed E-state index contributed by atoms with van der Waals surface area (Å²) in [7, 11) is 0. The average molecular weight is 482 g/mol. The molecule has 0 saturated carbocycles. The van der Waals surface area contributed by atoms with E-state index in [0.717, 1.165) is 22.4 Å². The Bertz CT molecular complexity index is 1490. The van der Waals surface area contributed by atoms with Gasteiger partial charge in [0.15, 0.2) is 6.29 Å². The van der Waals surface area contributed by atoms with Gasteiger partial charge in [0, 0.05) is 36.3 Å². The highest BCUT2D eigenvalue weighted by atomic mass is 16.5. The third-order valence-corrected chi connectivity index (χ3v) is 6.34. The number of carboxylic acid groups (broad SMARTS) is 1. The molecule has 1 fully saturated rings. The number of carbonyl (C=O) groups excluding carboxylic acids is 1. The molecular formula is C27H23N5O4. The van der Waals surface area contributed by atoms with Crippen molar-refractivity contribution in [2.24, 2.45) is 5.92 Å². The third kappa shape index (κ3) is 4.36. The second-order valence-corrected chi connectivity index (χ2v) is 8.84. The maximum absolute atomic E-state index is 11.6. The van der Waals surface area contributed by atoms with Gasteiger partial charge < -0.3 is 14.7 Å². The number of likely N-dealkylation sites (tertiary alicyclic amines) is 1. The van der Waals surface area contributed by atoms with E-state index in [2.05, 4.69) is 11.1 Å². The number of imidazole rings is 1. The van der Waals surface area contributed by atoms with Gasteiger partial charge in [-0.3, -0.25) is 9.20 Å². The molecule has 9 heteroatoms. The first-order chi connectivity index (χ1) is 17.5. The van der Waals surface area contributed by atoms with Crippen molar-refractivity contribution in [2.75, 3.05) is 19.7 Å². The molecule has 1 saturated heterocycles. The van der Waals surface area contributed by atoms with Crippen LogP contribution >= 0.6 is 0 Å². The highest BCUT2D eigenvalue weighted by molar-refractivity contribution is 5.83. The summed E-state index contributed by atoms with van der Waals surface area (Å²) in [5.41, 5.74) is 5.28. The number of fused-ring (bicyclic) bond motifs is 1. The minimum Gasteiger partial charge on any atom is -0.475 e. The summed E-state index contributed by atoms with van der Waals surface area (Å²) in [5.74, 6) is 0.283. The first kappa shape index (κ1) is 23.1. The first-order valence-corrected chi connectivity index (χ1v) is 11.5. The van der Waals surface area contributed by atoms with E-state index in [1.807, 2.05) is 47.7 Å². The molecule has 0 spiro atoms. The number of nitrogens with zero attached hydrogens (tertiary/aromatic N) is 5. The molecule has 1 amide bonds. The number of hydrogen-bond donors (Lipinski definition) is 1. The van der Waals surface area contributed by atoms with Crippen LogP contribution < -0.4 is 4.74 Å². The van der Waals surface area contributed by atoms with Gasteiger partial charge in [-0.2, -0.15) is 5.26 Å². The third-order valence-electron chi connectivity index (χ3n) is 6.34. The molecule has 1 atom stereocenters. The molecule has 0 unspecified atom stereocenters. The minimum atomic E-state index is -0.938. The Hall–Kier alpha value is -4.71. The smallest absolute Gasteiger partial charge is 0.407 e. The standard InChI is InChI=1S/C27H23N5O4/c1-17-2-6-21(7-3-17)24-23(20-8-4-18(12-28)5-9-20)30-26(25-29-22(15-33)14-32(24)25)36-16-19-10-11-31(13-19)27(34)35/h2-9,14-15,19H,10-11,13,16H2,1H3,(H,34,35)/t19-/m1/s1. The Labute approximate surface area is 207 Å². The van der Waals surface area contributed by atoms with Crippen molar-refractivity contribution in [2.45, 2.75) is 13.3 Å². The number of rotatable bonds is 6. The fraction of sp³-hybridized carbons (Fsp3) is 0.222. The lowest BCUT2D eigenvalue weighted by molar-refractivity contribution is 0.111. The van der Waals surface area contributed by atoms with Crippen molar-refractivity contribution in [1.29, 1.82) is 5.26 Å². The molecule has 1 N–H and O–H groups in total. The Balaban J connectivity index is 1.64. The summed E-state index contributed by atoms with van der Waals surface area (Å²) in [5, 5.41) is 18.5. The van der Waals surface area contributed by atoms with Crippen LogP contribution in [0.3, 0.4) is 0 Å². The van der Waals surface area contributed by atoms with E-state index in [0.29, 0.717) is 42.7 Å². The van der Waals surface area contributed by atoms with E-state index in [-0.39, 0.29) is 24.1 Å². The number of ether oxygens (including phenoxy) is 1. The molecule has 3 heterocycles. The molecule has 5 rings (SSSR count). The fourth-order valence-corrected chi connectivity index (χ4v) is 4.42. The number of benzene rings is 2. The van der Waals surface area contributed by atoms with E-state index in [1.54, 1.807) is 18.3 Å². The van der Waals surface area contributed by atoms with Crippen molar-refractivity contribution >= 4 is 18.0 Å². The summed E-state index contributed by atoms with van der Waals surface area (Å²) in [6, 6.07) is 17.2. The van der Waals surface area contributed by atoms with Crippen molar-refractivity contribution in [3.8, 4) is 34.5 Å². The second-order valence-electron chi connectivity index (χ2n) is 8.84. The fourth-order valence-electron chi connectivity index (χ4n) is 4.42. The predicted octanol–water partition coefficient (Wildman–Crippen LogP) is 4.43. The number of amides is 1. The molecule has 9 nitrogen and oxygen atoms in total. The highest BCUT2D eigenvalue weighted by Crippen LogP contribution is 2.35. The van der Waals surface area contributed by atoms with Gasteiger partial charge in [-0.05, 0) is 25.5 Å². The van der Waals surface area contributed by atoms with Crippen LogP contribution in [0.25, 0.3) is 28.2 Å². The van der Waals surface area contributed by atoms with Gasteiger partial charge >= 0.3 is 6.09 Å². The van der Waals surface area contributed by atoms with Crippen LogP contribution in [-0.2, 0) is 0 Å². The van der Waals surface area contributed by atoms with Crippen molar-refractivity contribution in [3.63, 3.8) is 0 Å². The lowest BCUT2D eigenvalue weighted by Crippen LogP contribution is -2.27. The molecule has 0 radical (unpaired) electrons. The Morgan fingerprint density at radius 2 is 1.89 bits per heavy atom. The van der Waals surface area contributed by atoms with Gasteiger partial charge in [-0.1, -0.05) is 42.0 Å². The Morgan fingerprint density at radius 1 is 1.17 bits per heavy atom. The van der Waals surface area contributed by atoms with E-state index >= 15 is 0 Å². The number of aromatic nitrogens is 3. The van der Waals surface area contributed by atoms with Gasteiger partial charge in [0.25, 0.3) is 5.88 Å². The van der Waals surface area contributed by atoms with Crippen LogP contribution in [0.4, 0.5) is 4.79 Å². The van der Waals surface area contributed by atoms with Gasteiger partial charge in [0.05, 0.1) is 29.6 Å². The lowest BCUT2D eigenvalue weighted by atomic mass is 10.0. The lowest BCUT2D eigenvalue weighted by Gasteiger charge is -2.17. The van der Waals surface area contributed by atoms with Crippen LogP contribution in [-0.4, -0.2) is 56.5 Å². The van der Waals surface area contributed by atoms with Crippen molar-refractivity contribution < 1.29 is 19.4 Å². The molecular weight excluding hydrogens is 458 g/mol. The molecule has 2 aromatic carbocycles. The van der Waals surface area contributed by atoms with Gasteiger partial charge in [-0.25, -0.2) is 14.8 Å². The normalized spacial score (nSPS) is 15.1. The van der Waals surface area contributed by atoms with Gasteiger partial charge in [0.2, 0.25) is 5.65 Å². The molecule has 180 valence electrons. The first-order valence-electron chi connectivity index (χ1n) is 11.5. The van der Waals surface area contributed by atoms with Crippen LogP contribution in [0.15, 0.2) is 54.7 Å². The summed E-state index contributed by atoms with van der Waals surface area (Å²) in [4.78, 5) is 33.6. The van der Waals surface area contributed by atoms with Crippen LogP contribution in [0.2, 0.25) is 0 Å². The SMILES string of the molecule is Cc1ccc(-c2c(-c3ccc(C#N)cc3)nc(OC[C@@H]3CCN(C(=O)O)C3)c3nc(C=O)cn23)cc1. The monoisotopic (exact) mass is 481 g/mol. The Kier molecular flexibility index (Phi) is 6.09. The summed E-state index contributed by atoms with van der Waals surface area (Å²) in [6.45, 7) is 3.13. The zero-order valence-electron chi connectivity index (χ0n) is 19.6. The van der Waals surface area contributed by atoms with E-state index < -0.39 is 6.09 Å².